The Labute approximate surface area is 249 Å². The van der Waals surface area contributed by atoms with E-state index in [9.17, 15) is 9.18 Å². The van der Waals surface area contributed by atoms with Crippen LogP contribution in [0.1, 0.15) is 63.3 Å². The molecule has 2 fully saturated rings. The lowest BCUT2D eigenvalue weighted by Gasteiger charge is -2.26. The number of hydrogen-bond acceptors (Lipinski definition) is 5. The number of hydrogen-bond donors (Lipinski definition) is 2. The van der Waals surface area contributed by atoms with Gasteiger partial charge in [-0.1, -0.05) is 48.9 Å². The summed E-state index contributed by atoms with van der Waals surface area (Å²) in [6.45, 7) is 1.39. The molecule has 1 aliphatic heterocycles. The molecule has 1 saturated carbocycles. The molecule has 10 heteroatoms. The molecule has 1 aliphatic carbocycles. The molecule has 5 aromatic rings. The van der Waals surface area contributed by atoms with Crippen LogP contribution in [0.25, 0.3) is 38.6 Å². The van der Waals surface area contributed by atoms with Gasteiger partial charge in [-0.15, -0.1) is 0 Å². The standard InChI is InChI=1S/C27H23FN4O2.C4H8.CH4O2S.2H2/c28-20-5-7-21(8-6-20)32-24-13-19-15-30-31-23(19)14-22(24)25(26(32)17-9-11-34-12-10-17)16-1-3-18(4-2-16)27(29)33;1-2-4-3-1;1-4(2)3;;/h1-8,13-15,17H,9-12H2,(H2,29,33)(H,30,31);1-4H2;1H3,(H,2,3);2*1H/p-1. The molecule has 1 atom stereocenters. The van der Waals surface area contributed by atoms with Gasteiger partial charge in [-0.3, -0.25) is 14.1 Å². The van der Waals surface area contributed by atoms with Crippen LogP contribution in [-0.4, -0.2) is 48.9 Å². The lowest BCUT2D eigenvalue weighted by Crippen LogP contribution is -2.17. The Morgan fingerprint density at radius 1 is 1.07 bits per heavy atom. The molecule has 0 bridgehead atoms. The van der Waals surface area contributed by atoms with Crippen molar-refractivity contribution in [3.05, 3.63) is 83.9 Å². The number of nitrogens with one attached hydrogen (secondary N) is 1. The van der Waals surface area contributed by atoms with E-state index in [-0.39, 0.29) is 14.6 Å². The third-order valence-corrected chi connectivity index (χ3v) is 7.71. The van der Waals surface area contributed by atoms with Crippen LogP contribution in [-0.2, 0) is 15.8 Å². The van der Waals surface area contributed by atoms with E-state index >= 15 is 0 Å². The molecule has 3 N–H and O–H groups in total. The van der Waals surface area contributed by atoms with Gasteiger partial charge in [0.25, 0.3) is 0 Å². The lowest BCUT2D eigenvalue weighted by atomic mass is 9.89. The molecule has 42 heavy (non-hydrogen) atoms. The first kappa shape index (κ1) is 29.6. The first-order valence-corrected chi connectivity index (χ1v) is 15.6. The predicted molar refractivity (Wildman–Crippen MR) is 167 cm³/mol. The minimum Gasteiger partial charge on any atom is -0.773 e. The number of ether oxygens (including phenoxy) is 1. The Hall–Kier alpha value is -3.86. The number of aromatic nitrogens is 3. The van der Waals surface area contributed by atoms with Crippen molar-refractivity contribution in [2.75, 3.05) is 19.5 Å². The van der Waals surface area contributed by atoms with E-state index < -0.39 is 17.0 Å². The summed E-state index contributed by atoms with van der Waals surface area (Å²) in [6, 6.07) is 18.3. The topological polar surface area (TPSA) is 126 Å². The first-order chi connectivity index (χ1) is 20.3. The Morgan fingerprint density at radius 2 is 1.69 bits per heavy atom. The molecule has 1 saturated heterocycles. The average Bonchev–Trinajstić information content (AvgIpc) is 3.53. The quantitative estimate of drug-likeness (QED) is 0.220. The number of nitrogens with two attached hydrogens (primary N) is 1. The molecule has 1 unspecified atom stereocenters. The molecule has 0 radical (unpaired) electrons. The maximum absolute atomic E-state index is 13.8. The van der Waals surface area contributed by atoms with Crippen LogP contribution in [0, 0.1) is 5.82 Å². The Balaban J connectivity index is 0.000000469. The summed E-state index contributed by atoms with van der Waals surface area (Å²) < 4.78 is 39.8. The van der Waals surface area contributed by atoms with Crippen molar-refractivity contribution in [3.63, 3.8) is 0 Å². The summed E-state index contributed by atoms with van der Waals surface area (Å²) in [5, 5.41) is 9.36. The maximum atomic E-state index is 13.8. The van der Waals surface area contributed by atoms with Crippen molar-refractivity contribution >= 4 is 38.8 Å². The van der Waals surface area contributed by atoms with Crippen LogP contribution in [0.15, 0.2) is 66.9 Å². The third kappa shape index (κ3) is 6.61. The largest absolute Gasteiger partial charge is 0.773 e. The van der Waals surface area contributed by atoms with Gasteiger partial charge >= 0.3 is 0 Å². The molecule has 2 aromatic heterocycles. The molecule has 1 amide bonds. The minimum absolute atomic E-state index is 0. The molecular formula is C32H38FN4O4S-. The highest BCUT2D eigenvalue weighted by Crippen LogP contribution is 2.44. The number of amides is 1. The van der Waals surface area contributed by atoms with Crippen molar-refractivity contribution in [2.24, 2.45) is 5.73 Å². The fourth-order valence-electron chi connectivity index (χ4n) is 5.32. The normalized spacial score (nSPS) is 15.7. The number of benzene rings is 3. The van der Waals surface area contributed by atoms with E-state index in [0.29, 0.717) is 18.8 Å². The number of H-pyrrole nitrogens is 1. The van der Waals surface area contributed by atoms with Gasteiger partial charge in [-0.25, -0.2) is 4.39 Å². The van der Waals surface area contributed by atoms with Crippen LogP contribution in [0.5, 0.6) is 0 Å². The number of primary amides is 1. The van der Waals surface area contributed by atoms with Crippen molar-refractivity contribution in [3.8, 4) is 16.8 Å². The van der Waals surface area contributed by atoms with Crippen molar-refractivity contribution in [1.82, 2.24) is 14.8 Å². The number of halogens is 1. The molecule has 0 spiro atoms. The number of aromatic amines is 1. The second kappa shape index (κ2) is 13.4. The van der Waals surface area contributed by atoms with Gasteiger partial charge in [-0.05, 0) is 73.2 Å². The predicted octanol–water partition coefficient (Wildman–Crippen LogP) is 6.85. The smallest absolute Gasteiger partial charge is 0.248 e. The van der Waals surface area contributed by atoms with Crippen molar-refractivity contribution in [2.45, 2.75) is 44.4 Å². The van der Waals surface area contributed by atoms with Gasteiger partial charge in [0.1, 0.15) is 5.82 Å². The third-order valence-electron chi connectivity index (χ3n) is 7.71. The zero-order chi connectivity index (χ0) is 29.6. The first-order valence-electron chi connectivity index (χ1n) is 14.1. The molecule has 224 valence electrons. The fraction of sp³-hybridized carbons (Fsp3) is 0.312. The Bertz CT molecular complexity index is 1690. The highest BCUT2D eigenvalue weighted by atomic mass is 32.2. The van der Waals surface area contributed by atoms with E-state index in [0.717, 1.165) is 63.4 Å². The zero-order valence-corrected chi connectivity index (χ0v) is 24.3. The van der Waals surface area contributed by atoms with Gasteiger partial charge in [0.05, 0.1) is 17.2 Å². The summed E-state index contributed by atoms with van der Waals surface area (Å²) >= 11 is -1.86. The van der Waals surface area contributed by atoms with E-state index in [2.05, 4.69) is 26.9 Å². The second-order valence-corrected chi connectivity index (χ2v) is 11.3. The highest BCUT2D eigenvalue weighted by Gasteiger charge is 2.28. The van der Waals surface area contributed by atoms with Gasteiger partial charge < -0.3 is 19.6 Å². The highest BCUT2D eigenvalue weighted by molar-refractivity contribution is 7.78. The monoisotopic (exact) mass is 593 g/mol. The summed E-state index contributed by atoms with van der Waals surface area (Å²) in [6.07, 6.45) is 10.7. The van der Waals surface area contributed by atoms with E-state index in [1.165, 1.54) is 37.8 Å². The van der Waals surface area contributed by atoms with Crippen LogP contribution >= 0.6 is 0 Å². The lowest BCUT2D eigenvalue weighted by molar-refractivity contribution is 0.0843. The number of carbonyl (C=O) groups is 1. The van der Waals surface area contributed by atoms with Gasteiger partial charge in [0, 0.05) is 55.3 Å². The van der Waals surface area contributed by atoms with Crippen molar-refractivity contribution < 1.29 is 25.5 Å². The van der Waals surface area contributed by atoms with Crippen molar-refractivity contribution in [1.29, 1.82) is 0 Å². The van der Waals surface area contributed by atoms with Crippen LogP contribution in [0.2, 0.25) is 0 Å². The molecule has 3 aromatic carbocycles. The maximum Gasteiger partial charge on any atom is 0.248 e. The molecule has 8 nitrogen and oxygen atoms in total. The number of nitrogens with zero attached hydrogens (tertiary/aromatic N) is 2. The van der Waals surface area contributed by atoms with E-state index in [1.807, 2.05) is 30.5 Å². The summed E-state index contributed by atoms with van der Waals surface area (Å²) in [4.78, 5) is 11.7. The average molecular weight is 594 g/mol. The van der Waals surface area contributed by atoms with Crippen LogP contribution < -0.4 is 5.73 Å². The van der Waals surface area contributed by atoms with Gasteiger partial charge in [0.15, 0.2) is 0 Å². The second-order valence-electron chi connectivity index (χ2n) is 10.5. The summed E-state index contributed by atoms with van der Waals surface area (Å²) in [7, 11) is 0. The Kier molecular flexibility index (Phi) is 9.46. The number of rotatable bonds is 4. The minimum atomic E-state index is -1.86. The molecule has 3 heterocycles. The Morgan fingerprint density at radius 3 is 2.26 bits per heavy atom. The summed E-state index contributed by atoms with van der Waals surface area (Å²) in [5.74, 6) is -0.468. The molecular weight excluding hydrogens is 555 g/mol. The number of carbonyl (C=O) groups excluding carboxylic acids is 1. The van der Waals surface area contributed by atoms with E-state index in [1.54, 1.807) is 12.1 Å². The SMILES string of the molecule is C1CCC1.CS(=O)[O-].NC(=O)c1ccc(-c2c(C3CCOCC3)n(-c3ccc(F)cc3)c3cc4cn[nH]c4cc23)cc1.[HH].[HH]. The molecule has 2 aliphatic rings. The zero-order valence-electron chi connectivity index (χ0n) is 23.5. The fourth-order valence-corrected chi connectivity index (χ4v) is 5.32. The van der Waals surface area contributed by atoms with Gasteiger partial charge in [-0.2, -0.15) is 5.10 Å². The van der Waals surface area contributed by atoms with Gasteiger partial charge in [0.2, 0.25) is 5.91 Å². The van der Waals surface area contributed by atoms with Crippen LogP contribution in [0.4, 0.5) is 4.39 Å². The number of fused-ring (bicyclic) bond motifs is 2. The molecule has 7 rings (SSSR count). The van der Waals surface area contributed by atoms with Crippen LogP contribution in [0.3, 0.4) is 0 Å². The van der Waals surface area contributed by atoms with E-state index in [4.69, 9.17) is 19.2 Å². The summed E-state index contributed by atoms with van der Waals surface area (Å²) in [5.41, 5.74) is 12.1.